The van der Waals surface area contributed by atoms with Gasteiger partial charge in [0.2, 0.25) is 0 Å². The second-order valence-corrected chi connectivity index (χ2v) is 15.3. The first-order valence-corrected chi connectivity index (χ1v) is 21.5. The van der Waals surface area contributed by atoms with E-state index in [-0.39, 0.29) is 11.4 Å². The fraction of sp³-hybridized carbons (Fsp3) is 0.578. The Hall–Kier alpha value is -3.51. The van der Waals surface area contributed by atoms with Crippen LogP contribution < -0.4 is 14.2 Å². The van der Waals surface area contributed by atoms with Crippen LogP contribution in [0.5, 0.6) is 17.2 Å². The molecule has 2 heterocycles. The van der Waals surface area contributed by atoms with Gasteiger partial charge in [-0.05, 0) is 113 Å². The van der Waals surface area contributed by atoms with Gasteiger partial charge in [0.25, 0.3) is 0 Å². The molecule has 0 bridgehead atoms. The molecule has 1 saturated heterocycles. The molecule has 1 aliphatic rings. The zero-order valence-corrected chi connectivity index (χ0v) is 35.5. The minimum Gasteiger partial charge on any atom is -0.493 e. The summed E-state index contributed by atoms with van der Waals surface area (Å²) in [6, 6.07) is 14.1. The summed E-state index contributed by atoms with van der Waals surface area (Å²) in [4.78, 5) is 12.5. The topological polar surface area (TPSA) is 55.2 Å². The van der Waals surface area contributed by atoms with E-state index in [2.05, 4.69) is 60.0 Å². The van der Waals surface area contributed by atoms with Crippen LogP contribution in [0.25, 0.3) is 22.4 Å². The summed E-state index contributed by atoms with van der Waals surface area (Å²) in [6.45, 7) is 22.1. The maximum atomic E-state index is 13.8. The summed E-state index contributed by atoms with van der Waals surface area (Å²) in [7, 11) is 0. The molecule has 12 heteroatoms. The quantitative estimate of drug-likeness (QED) is 0.0653. The largest absolute Gasteiger partial charge is 0.493 e. The lowest BCUT2D eigenvalue weighted by Gasteiger charge is -2.19. The van der Waals surface area contributed by atoms with Crippen LogP contribution in [0.2, 0.25) is 5.02 Å². The molecular formula is C45H63ClF3N5O3. The van der Waals surface area contributed by atoms with Gasteiger partial charge in [0.15, 0.2) is 5.75 Å². The molecule has 0 saturated carbocycles. The van der Waals surface area contributed by atoms with Crippen molar-refractivity contribution in [2.24, 2.45) is 0 Å². The predicted octanol–water partition coefficient (Wildman–Crippen LogP) is 10.5. The first-order chi connectivity index (χ1) is 27.6. The number of ether oxygens (including phenoxy) is 3. The van der Waals surface area contributed by atoms with Crippen LogP contribution in [0.1, 0.15) is 89.8 Å². The number of likely N-dealkylation sites (tertiary alicyclic amines) is 1. The molecule has 1 fully saturated rings. The highest BCUT2D eigenvalue weighted by atomic mass is 35.5. The summed E-state index contributed by atoms with van der Waals surface area (Å²) in [5.41, 5.74) is 3.06. The fourth-order valence-electron chi connectivity index (χ4n) is 7.54. The number of benzene rings is 3. The Morgan fingerprint density at radius 2 is 1.35 bits per heavy atom. The molecule has 5 rings (SSSR count). The van der Waals surface area contributed by atoms with E-state index in [9.17, 15) is 13.2 Å². The predicted molar refractivity (Wildman–Crippen MR) is 226 cm³/mol. The molecule has 314 valence electrons. The van der Waals surface area contributed by atoms with Crippen LogP contribution in [0.3, 0.4) is 0 Å². The second kappa shape index (κ2) is 22.0. The van der Waals surface area contributed by atoms with Gasteiger partial charge in [0.05, 0.1) is 34.9 Å². The molecule has 57 heavy (non-hydrogen) atoms. The van der Waals surface area contributed by atoms with E-state index in [0.29, 0.717) is 36.9 Å². The van der Waals surface area contributed by atoms with Crippen molar-refractivity contribution < 1.29 is 27.4 Å². The average molecular weight is 814 g/mol. The molecule has 1 aliphatic heterocycles. The zero-order valence-electron chi connectivity index (χ0n) is 34.7. The monoisotopic (exact) mass is 813 g/mol. The molecule has 0 radical (unpaired) electrons. The summed E-state index contributed by atoms with van der Waals surface area (Å²) >= 11 is 5.95. The lowest BCUT2D eigenvalue weighted by Crippen LogP contribution is -2.25. The number of rotatable bonds is 24. The Balaban J connectivity index is 1.54. The van der Waals surface area contributed by atoms with Crippen molar-refractivity contribution in [1.82, 2.24) is 24.3 Å². The van der Waals surface area contributed by atoms with Crippen molar-refractivity contribution in [3.05, 3.63) is 70.2 Å². The van der Waals surface area contributed by atoms with Crippen LogP contribution in [0, 0.1) is 0 Å². The third-order valence-corrected chi connectivity index (χ3v) is 11.3. The smallest absolute Gasteiger partial charge is 0.417 e. The fourth-order valence-corrected chi connectivity index (χ4v) is 7.77. The molecule has 0 aliphatic carbocycles. The van der Waals surface area contributed by atoms with Gasteiger partial charge in [0.1, 0.15) is 29.4 Å². The Labute approximate surface area is 343 Å². The first-order valence-electron chi connectivity index (χ1n) is 21.2. The van der Waals surface area contributed by atoms with Crippen molar-refractivity contribution in [2.75, 3.05) is 78.7 Å². The summed E-state index contributed by atoms with van der Waals surface area (Å²) in [6.07, 6.45) is 1.85. The normalized spacial score (nSPS) is 13.7. The van der Waals surface area contributed by atoms with Gasteiger partial charge in [-0.1, -0.05) is 64.8 Å². The molecule has 0 unspecified atom stereocenters. The zero-order chi connectivity index (χ0) is 40.8. The number of halogens is 4. The molecule has 0 amide bonds. The van der Waals surface area contributed by atoms with E-state index in [1.165, 1.54) is 18.9 Å². The standard InChI is InChI=1S/C45H63ClF3N5O3/c1-6-11-24-54-40-32-36(55-26-14-22-51(7-2)8-3)33-42(56-27-15-23-52(9-4)10-5)43(40)50-44(54)37-18-16-35(31-41(37)57-28-25-53-20-12-13-21-53)29-34-17-19-39(46)38(30-34)45(47,48)49/h16-19,30-33H,6-15,20-29H2,1-5H3. The Morgan fingerprint density at radius 3 is 2.00 bits per heavy atom. The van der Waals surface area contributed by atoms with Gasteiger partial charge in [-0.25, -0.2) is 4.98 Å². The molecule has 0 spiro atoms. The molecule has 8 nitrogen and oxygen atoms in total. The summed E-state index contributed by atoms with van der Waals surface area (Å²) in [5, 5.41) is -0.307. The number of hydrogen-bond acceptors (Lipinski definition) is 7. The highest BCUT2D eigenvalue weighted by Crippen LogP contribution is 2.40. The summed E-state index contributed by atoms with van der Waals surface area (Å²) < 4.78 is 63.1. The Morgan fingerprint density at radius 1 is 0.719 bits per heavy atom. The lowest BCUT2D eigenvalue weighted by molar-refractivity contribution is -0.137. The maximum Gasteiger partial charge on any atom is 0.417 e. The van der Waals surface area contributed by atoms with Gasteiger partial charge in [-0.2, -0.15) is 13.2 Å². The number of imidazole rings is 1. The Kier molecular flexibility index (Phi) is 17.2. The van der Waals surface area contributed by atoms with Crippen molar-refractivity contribution in [2.45, 2.75) is 92.3 Å². The van der Waals surface area contributed by atoms with Gasteiger partial charge in [-0.15, -0.1) is 0 Å². The summed E-state index contributed by atoms with van der Waals surface area (Å²) in [5.74, 6) is 2.86. The maximum absolute atomic E-state index is 13.8. The molecule has 0 N–H and O–H groups in total. The van der Waals surface area contributed by atoms with Crippen molar-refractivity contribution >= 4 is 22.6 Å². The first kappa shape index (κ1) is 44.6. The number of aryl methyl sites for hydroxylation is 1. The number of unbranched alkanes of at least 4 members (excludes halogenated alkanes) is 1. The van der Waals surface area contributed by atoms with Gasteiger partial charge < -0.3 is 28.6 Å². The lowest BCUT2D eigenvalue weighted by atomic mass is 10.0. The van der Waals surface area contributed by atoms with E-state index < -0.39 is 11.7 Å². The van der Waals surface area contributed by atoms with Gasteiger partial charge in [-0.3, -0.25) is 4.90 Å². The minimum atomic E-state index is -4.54. The number of nitrogens with zero attached hydrogens (tertiary/aromatic N) is 5. The third-order valence-electron chi connectivity index (χ3n) is 11.0. The highest BCUT2D eigenvalue weighted by molar-refractivity contribution is 6.31. The average Bonchev–Trinajstić information content (AvgIpc) is 3.86. The number of hydrogen-bond donors (Lipinski definition) is 0. The van der Waals surface area contributed by atoms with Crippen LogP contribution in [0.4, 0.5) is 13.2 Å². The second-order valence-electron chi connectivity index (χ2n) is 14.9. The Bertz CT molecular complexity index is 1840. The highest BCUT2D eigenvalue weighted by Gasteiger charge is 2.33. The molecule has 4 aromatic rings. The van der Waals surface area contributed by atoms with E-state index in [4.69, 9.17) is 30.8 Å². The molecular weight excluding hydrogens is 751 g/mol. The molecule has 3 aromatic carbocycles. The van der Waals surface area contributed by atoms with Crippen molar-refractivity contribution in [3.63, 3.8) is 0 Å². The van der Waals surface area contributed by atoms with Crippen LogP contribution in [-0.2, 0) is 19.1 Å². The van der Waals surface area contributed by atoms with Crippen molar-refractivity contribution in [1.29, 1.82) is 0 Å². The van der Waals surface area contributed by atoms with E-state index in [1.54, 1.807) is 6.07 Å². The number of aromatic nitrogens is 2. The van der Waals surface area contributed by atoms with Gasteiger partial charge >= 0.3 is 6.18 Å². The van der Waals surface area contributed by atoms with Crippen molar-refractivity contribution in [3.8, 4) is 28.6 Å². The van der Waals surface area contributed by atoms with Crippen LogP contribution in [0.15, 0.2) is 48.5 Å². The van der Waals surface area contributed by atoms with E-state index in [0.717, 1.165) is 131 Å². The molecule has 0 atom stereocenters. The SMILES string of the molecule is CCCCn1c(-c2ccc(Cc3ccc(Cl)c(C(F)(F)F)c3)cc2OCCN2CCCC2)nc2c(OCCCN(CC)CC)cc(OCCCN(CC)CC)cc21. The van der Waals surface area contributed by atoms with E-state index >= 15 is 0 Å². The molecule has 1 aromatic heterocycles. The van der Waals surface area contributed by atoms with Crippen LogP contribution >= 0.6 is 11.6 Å². The minimum absolute atomic E-state index is 0.287. The number of fused-ring (bicyclic) bond motifs is 1. The van der Waals surface area contributed by atoms with Crippen LogP contribution in [-0.4, -0.2) is 103 Å². The number of alkyl halides is 3. The van der Waals surface area contributed by atoms with Gasteiger partial charge in [0, 0.05) is 38.3 Å². The van der Waals surface area contributed by atoms with E-state index in [1.807, 2.05) is 24.3 Å². The third kappa shape index (κ3) is 12.5.